The molecule has 134 valence electrons. The lowest BCUT2D eigenvalue weighted by molar-refractivity contribution is -0.111. The average Bonchev–Trinajstić information content (AvgIpc) is 3.00. The maximum Gasteiger partial charge on any atom is 0.387 e. The number of nitrogens with one attached hydrogen (secondary N) is 1. The van der Waals surface area contributed by atoms with Crippen LogP contribution in [0, 0.1) is 0 Å². The molecule has 1 aromatic carbocycles. The van der Waals surface area contributed by atoms with E-state index >= 15 is 0 Å². The number of hydrogen-bond donors (Lipinski definition) is 1. The Morgan fingerprint density at radius 1 is 1.40 bits per heavy atom. The molecule has 0 atom stereocenters. The number of hydrogen-bond acceptors (Lipinski definition) is 7. The number of ether oxygens (including phenoxy) is 2. The molecule has 0 unspecified atom stereocenters. The van der Waals surface area contributed by atoms with E-state index in [1.165, 1.54) is 60.6 Å². The minimum absolute atomic E-state index is 0.0751. The molecule has 25 heavy (non-hydrogen) atoms. The van der Waals surface area contributed by atoms with Crippen molar-refractivity contribution in [1.82, 2.24) is 10.2 Å². The number of carbonyl (C=O) groups is 1. The van der Waals surface area contributed by atoms with Crippen LogP contribution in [-0.4, -0.2) is 35.6 Å². The first-order chi connectivity index (χ1) is 12.0. The maximum absolute atomic E-state index is 12.3. The summed E-state index contributed by atoms with van der Waals surface area (Å²) >= 11 is 2.83. The van der Waals surface area contributed by atoms with E-state index in [0.717, 1.165) is 10.1 Å². The zero-order valence-corrected chi connectivity index (χ0v) is 15.0. The lowest BCUT2D eigenvalue weighted by Crippen LogP contribution is -2.07. The molecule has 1 amide bonds. The van der Waals surface area contributed by atoms with Gasteiger partial charge in [-0.3, -0.25) is 10.1 Å². The largest absolute Gasteiger partial charge is 0.493 e. The number of thioether (sulfide) groups is 1. The summed E-state index contributed by atoms with van der Waals surface area (Å²) in [5, 5.41) is 10.8. The van der Waals surface area contributed by atoms with Crippen molar-refractivity contribution >= 4 is 40.2 Å². The highest BCUT2D eigenvalue weighted by Crippen LogP contribution is 2.30. The Bertz CT molecular complexity index is 753. The molecule has 0 radical (unpaired) electrons. The molecular weight excluding hydrogens is 372 g/mol. The molecule has 0 aliphatic carbocycles. The number of aromatic nitrogens is 2. The summed E-state index contributed by atoms with van der Waals surface area (Å²) in [7, 11) is 1.34. The number of carbonyl (C=O) groups excluding carboxylic acids is 1. The molecule has 2 rings (SSSR count). The van der Waals surface area contributed by atoms with Gasteiger partial charge in [0.1, 0.15) is 0 Å². The molecular formula is C15H15F2N3O3S2. The molecule has 0 saturated heterocycles. The second-order valence-corrected chi connectivity index (χ2v) is 6.91. The number of amides is 1. The van der Waals surface area contributed by atoms with Gasteiger partial charge in [-0.25, -0.2) is 0 Å². The molecule has 0 fully saturated rings. The molecule has 0 aliphatic rings. The molecule has 2 aromatic rings. The zero-order valence-electron chi connectivity index (χ0n) is 13.4. The minimum Gasteiger partial charge on any atom is -0.493 e. The fourth-order valence-corrected chi connectivity index (χ4v) is 3.39. The van der Waals surface area contributed by atoms with Gasteiger partial charge >= 0.3 is 6.61 Å². The second kappa shape index (κ2) is 9.33. The van der Waals surface area contributed by atoms with Gasteiger partial charge < -0.3 is 9.47 Å². The molecule has 0 saturated carbocycles. The third-order valence-corrected chi connectivity index (χ3v) is 4.59. The highest BCUT2D eigenvalue weighted by molar-refractivity contribution is 8.01. The van der Waals surface area contributed by atoms with E-state index in [4.69, 9.17) is 4.74 Å². The Hall–Kier alpha value is -2.20. The first-order valence-corrected chi connectivity index (χ1v) is 8.90. The van der Waals surface area contributed by atoms with Crippen LogP contribution in [0.3, 0.4) is 0 Å². The number of alkyl halides is 2. The fourth-order valence-electron chi connectivity index (χ4n) is 1.74. The number of halogens is 2. The van der Waals surface area contributed by atoms with E-state index in [0.29, 0.717) is 10.7 Å². The third kappa shape index (κ3) is 5.98. The van der Waals surface area contributed by atoms with Crippen molar-refractivity contribution in [2.45, 2.75) is 17.9 Å². The third-order valence-electron chi connectivity index (χ3n) is 2.74. The van der Waals surface area contributed by atoms with Crippen LogP contribution in [0.1, 0.15) is 12.5 Å². The van der Waals surface area contributed by atoms with Crippen molar-refractivity contribution < 1.29 is 23.0 Å². The molecule has 0 spiro atoms. The molecule has 0 bridgehead atoms. The van der Waals surface area contributed by atoms with Crippen molar-refractivity contribution in [3.63, 3.8) is 0 Å². The van der Waals surface area contributed by atoms with Gasteiger partial charge in [-0.2, -0.15) is 8.78 Å². The predicted molar refractivity (Wildman–Crippen MR) is 93.6 cm³/mol. The Balaban J connectivity index is 2.01. The van der Waals surface area contributed by atoms with E-state index in [9.17, 15) is 13.6 Å². The van der Waals surface area contributed by atoms with Crippen LogP contribution in [0.25, 0.3) is 6.08 Å². The topological polar surface area (TPSA) is 73.3 Å². The maximum atomic E-state index is 12.3. The molecule has 1 N–H and O–H groups in total. The molecule has 0 aliphatic heterocycles. The van der Waals surface area contributed by atoms with Gasteiger partial charge in [0, 0.05) is 6.08 Å². The summed E-state index contributed by atoms with van der Waals surface area (Å²) < 4.78 is 34.7. The van der Waals surface area contributed by atoms with Gasteiger partial charge in [-0.1, -0.05) is 36.1 Å². The number of nitrogens with zero attached hydrogens (tertiary/aromatic N) is 2. The minimum atomic E-state index is -2.94. The van der Waals surface area contributed by atoms with Gasteiger partial charge in [0.25, 0.3) is 0 Å². The summed E-state index contributed by atoms with van der Waals surface area (Å²) in [5.74, 6) is 0.563. The number of methoxy groups -OCH3 is 1. The molecule has 1 aromatic heterocycles. The van der Waals surface area contributed by atoms with Crippen LogP contribution >= 0.6 is 23.1 Å². The lowest BCUT2D eigenvalue weighted by atomic mass is 10.2. The molecule has 1 heterocycles. The van der Waals surface area contributed by atoms with Gasteiger partial charge in [0.15, 0.2) is 15.8 Å². The Labute approximate surface area is 151 Å². The fraction of sp³-hybridized carbons (Fsp3) is 0.267. The van der Waals surface area contributed by atoms with Crippen molar-refractivity contribution in [1.29, 1.82) is 0 Å². The Morgan fingerprint density at radius 2 is 2.20 bits per heavy atom. The summed E-state index contributed by atoms with van der Waals surface area (Å²) in [6, 6.07) is 4.37. The van der Waals surface area contributed by atoms with Crippen LogP contribution in [0.5, 0.6) is 11.5 Å². The van der Waals surface area contributed by atoms with E-state index in [-0.39, 0.29) is 17.4 Å². The van der Waals surface area contributed by atoms with Crippen molar-refractivity contribution in [2.75, 3.05) is 18.2 Å². The first kappa shape index (κ1) is 19.1. The first-order valence-electron chi connectivity index (χ1n) is 7.10. The smallest absolute Gasteiger partial charge is 0.387 e. The standard InChI is InChI=1S/C15H15F2N3O3S2/c1-3-24-15-20-19-14(25-15)18-12(21)7-5-9-4-6-10(23-13(16)17)11(8-9)22-2/h4-8,13H,3H2,1-2H3,(H,18,19,21). The van der Waals surface area contributed by atoms with Gasteiger partial charge in [0.2, 0.25) is 11.0 Å². The van der Waals surface area contributed by atoms with E-state index in [2.05, 4.69) is 20.3 Å². The quantitative estimate of drug-likeness (QED) is 0.421. The number of anilines is 1. The van der Waals surface area contributed by atoms with E-state index < -0.39 is 6.61 Å². The van der Waals surface area contributed by atoms with Crippen molar-refractivity contribution in [2.24, 2.45) is 0 Å². The predicted octanol–water partition coefficient (Wildman–Crippen LogP) is 3.91. The van der Waals surface area contributed by atoms with Crippen LogP contribution < -0.4 is 14.8 Å². The van der Waals surface area contributed by atoms with E-state index in [1.807, 2.05) is 6.92 Å². The average molecular weight is 387 g/mol. The monoisotopic (exact) mass is 387 g/mol. The van der Waals surface area contributed by atoms with Crippen molar-refractivity contribution in [3.8, 4) is 11.5 Å². The summed E-state index contributed by atoms with van der Waals surface area (Å²) in [6.07, 6.45) is 2.82. The highest BCUT2D eigenvalue weighted by atomic mass is 32.2. The number of rotatable bonds is 8. The number of benzene rings is 1. The molecule has 10 heteroatoms. The summed E-state index contributed by atoms with van der Waals surface area (Å²) in [4.78, 5) is 11.9. The Kier molecular flexibility index (Phi) is 7.14. The zero-order chi connectivity index (χ0) is 18.2. The van der Waals surface area contributed by atoms with Crippen LogP contribution in [0.4, 0.5) is 13.9 Å². The van der Waals surface area contributed by atoms with Gasteiger partial charge in [-0.05, 0) is 29.5 Å². The van der Waals surface area contributed by atoms with E-state index in [1.54, 1.807) is 0 Å². The van der Waals surface area contributed by atoms with Gasteiger partial charge in [-0.15, -0.1) is 10.2 Å². The van der Waals surface area contributed by atoms with Crippen LogP contribution in [0.2, 0.25) is 0 Å². The summed E-state index contributed by atoms with van der Waals surface area (Å²) in [6.45, 7) is -0.942. The Morgan fingerprint density at radius 3 is 2.88 bits per heavy atom. The SMILES string of the molecule is CCSc1nnc(NC(=O)C=Cc2ccc(OC(F)F)c(OC)c2)s1. The highest BCUT2D eigenvalue weighted by Gasteiger charge is 2.10. The van der Waals surface area contributed by atoms with Gasteiger partial charge in [0.05, 0.1) is 7.11 Å². The summed E-state index contributed by atoms with van der Waals surface area (Å²) in [5.41, 5.74) is 0.591. The molecule has 6 nitrogen and oxygen atoms in total. The second-order valence-electron chi connectivity index (χ2n) is 4.42. The van der Waals surface area contributed by atoms with Crippen molar-refractivity contribution in [3.05, 3.63) is 29.8 Å². The lowest BCUT2D eigenvalue weighted by Gasteiger charge is -2.10. The van der Waals surface area contributed by atoms with Crippen LogP contribution in [-0.2, 0) is 4.79 Å². The normalized spacial score (nSPS) is 11.1. The van der Waals surface area contributed by atoms with Crippen LogP contribution in [0.15, 0.2) is 28.6 Å².